The van der Waals surface area contributed by atoms with Gasteiger partial charge in [-0.2, -0.15) is 0 Å². The molecule has 1 aliphatic heterocycles. The molecule has 1 atom stereocenters. The second-order valence-corrected chi connectivity index (χ2v) is 5.36. The van der Waals surface area contributed by atoms with Crippen molar-refractivity contribution in [2.75, 3.05) is 27.9 Å². The number of rotatable bonds is 8. The first-order chi connectivity index (χ1) is 11.2. The first-order valence-electron chi connectivity index (χ1n) is 7.55. The Morgan fingerprint density at radius 3 is 2.70 bits per heavy atom. The van der Waals surface area contributed by atoms with Crippen LogP contribution < -0.4 is 25.6 Å². The van der Waals surface area contributed by atoms with Crippen LogP contribution in [0.1, 0.15) is 12.5 Å². The van der Waals surface area contributed by atoms with Gasteiger partial charge in [-0.15, -0.1) is 0 Å². The third-order valence-electron chi connectivity index (χ3n) is 3.71. The van der Waals surface area contributed by atoms with E-state index in [4.69, 9.17) is 14.2 Å². The fourth-order valence-electron chi connectivity index (χ4n) is 2.36. The highest BCUT2D eigenvalue weighted by atomic mass is 16.5. The van der Waals surface area contributed by atoms with Crippen LogP contribution in [0.15, 0.2) is 41.9 Å². The molecule has 1 aromatic rings. The van der Waals surface area contributed by atoms with Gasteiger partial charge in [0.05, 0.1) is 20.8 Å². The maximum atomic E-state index is 5.42. The van der Waals surface area contributed by atoms with Gasteiger partial charge >= 0.3 is 0 Å². The monoisotopic (exact) mass is 319 g/mol. The summed E-state index contributed by atoms with van der Waals surface area (Å²) in [7, 11) is 5.01. The Bertz CT molecular complexity index is 584. The lowest BCUT2D eigenvalue weighted by molar-refractivity contribution is 0.173. The van der Waals surface area contributed by atoms with Crippen molar-refractivity contribution >= 4 is 0 Å². The lowest BCUT2D eigenvalue weighted by atomic mass is 10.0. The molecule has 1 aromatic carbocycles. The molecule has 0 fully saturated rings. The largest absolute Gasteiger partial charge is 0.497 e. The summed E-state index contributed by atoms with van der Waals surface area (Å²) < 4.78 is 15.8. The van der Waals surface area contributed by atoms with E-state index >= 15 is 0 Å². The van der Waals surface area contributed by atoms with Gasteiger partial charge in [-0.05, 0) is 23.8 Å². The quantitative estimate of drug-likeness (QED) is 0.680. The molecule has 23 heavy (non-hydrogen) atoms. The summed E-state index contributed by atoms with van der Waals surface area (Å²) in [5, 5.41) is 3.36. The molecular formula is C17H25N3O3. The van der Waals surface area contributed by atoms with Crippen LogP contribution in [-0.2, 0) is 11.3 Å². The van der Waals surface area contributed by atoms with Crippen LogP contribution in [0.2, 0.25) is 0 Å². The van der Waals surface area contributed by atoms with E-state index in [-0.39, 0.29) is 0 Å². The van der Waals surface area contributed by atoms with E-state index in [2.05, 4.69) is 29.2 Å². The lowest BCUT2D eigenvalue weighted by Gasteiger charge is -2.22. The summed E-state index contributed by atoms with van der Waals surface area (Å²) in [6.45, 7) is 3.45. The van der Waals surface area contributed by atoms with Crippen molar-refractivity contribution in [1.82, 2.24) is 16.2 Å². The van der Waals surface area contributed by atoms with Gasteiger partial charge < -0.3 is 25.0 Å². The molecule has 0 amide bonds. The van der Waals surface area contributed by atoms with E-state index in [1.165, 1.54) is 5.57 Å². The molecule has 6 heteroatoms. The summed E-state index contributed by atoms with van der Waals surface area (Å²) in [5.41, 5.74) is 8.38. The first-order valence-corrected chi connectivity index (χ1v) is 7.55. The fourth-order valence-corrected chi connectivity index (χ4v) is 2.36. The predicted octanol–water partition coefficient (Wildman–Crippen LogP) is 1.91. The van der Waals surface area contributed by atoms with Crippen LogP contribution in [0.4, 0.5) is 0 Å². The van der Waals surface area contributed by atoms with Gasteiger partial charge in [0.25, 0.3) is 0 Å². The van der Waals surface area contributed by atoms with Crippen molar-refractivity contribution in [2.45, 2.75) is 13.5 Å². The summed E-state index contributed by atoms with van der Waals surface area (Å²) in [4.78, 5) is 0. The topological polar surface area (TPSA) is 63.8 Å². The smallest absolute Gasteiger partial charge is 0.127 e. The first kappa shape index (κ1) is 17.0. The Kier molecular flexibility index (Phi) is 6.17. The molecule has 126 valence electrons. The Labute approximate surface area is 137 Å². The third-order valence-corrected chi connectivity index (χ3v) is 3.71. The van der Waals surface area contributed by atoms with Crippen molar-refractivity contribution in [2.24, 2.45) is 5.92 Å². The van der Waals surface area contributed by atoms with Crippen LogP contribution in [0.5, 0.6) is 11.5 Å². The summed E-state index contributed by atoms with van der Waals surface area (Å²) >= 11 is 0. The van der Waals surface area contributed by atoms with Gasteiger partial charge in [0, 0.05) is 37.4 Å². The maximum absolute atomic E-state index is 5.42. The highest BCUT2D eigenvalue weighted by Gasteiger charge is 2.12. The molecule has 3 N–H and O–H groups in total. The molecular weight excluding hydrogens is 294 g/mol. The summed E-state index contributed by atoms with van der Waals surface area (Å²) in [6, 6.07) is 5.79. The number of hydrogen-bond acceptors (Lipinski definition) is 6. The van der Waals surface area contributed by atoms with Gasteiger partial charge in [0.2, 0.25) is 0 Å². The molecule has 0 aromatic heterocycles. The summed E-state index contributed by atoms with van der Waals surface area (Å²) in [5.74, 6) is 2.80. The molecule has 1 heterocycles. The Morgan fingerprint density at radius 1 is 1.17 bits per heavy atom. The second-order valence-electron chi connectivity index (χ2n) is 5.36. The molecule has 0 saturated heterocycles. The molecule has 0 radical (unpaired) electrons. The van der Waals surface area contributed by atoms with Gasteiger partial charge in [0.15, 0.2) is 0 Å². The lowest BCUT2D eigenvalue weighted by Crippen LogP contribution is -2.37. The number of allylic oxidation sites excluding steroid dienone is 1. The summed E-state index contributed by atoms with van der Waals surface area (Å²) in [6.07, 6.45) is 4.03. The van der Waals surface area contributed by atoms with E-state index in [0.29, 0.717) is 19.1 Å². The van der Waals surface area contributed by atoms with E-state index in [9.17, 15) is 0 Å². The van der Waals surface area contributed by atoms with Gasteiger partial charge in [-0.1, -0.05) is 6.92 Å². The van der Waals surface area contributed by atoms with Crippen LogP contribution in [0.3, 0.4) is 0 Å². The highest BCUT2D eigenvalue weighted by molar-refractivity contribution is 5.41. The number of methoxy groups -OCH3 is 3. The van der Waals surface area contributed by atoms with Crippen LogP contribution in [0.25, 0.3) is 0 Å². The Hall–Kier alpha value is -2.34. The van der Waals surface area contributed by atoms with Crippen molar-refractivity contribution < 1.29 is 14.2 Å². The number of nitrogens with one attached hydrogen (secondary N) is 3. The zero-order valence-electron chi connectivity index (χ0n) is 14.1. The molecule has 0 bridgehead atoms. The molecule has 6 nitrogen and oxygen atoms in total. The standard InChI is InChI=1S/C17H25N3O3/c1-12(11-21-2)14-7-17(20-19-10-14)18-9-13-5-6-15(22-3)8-16(13)23-4/h5-8,10,12,18-20H,9,11H2,1-4H3. The number of hydrogen-bond donors (Lipinski definition) is 3. The molecule has 1 unspecified atom stereocenters. The van der Waals surface area contributed by atoms with E-state index in [1.807, 2.05) is 24.4 Å². The minimum absolute atomic E-state index is 0.321. The highest BCUT2D eigenvalue weighted by Crippen LogP contribution is 2.24. The van der Waals surface area contributed by atoms with Gasteiger partial charge in [0.1, 0.15) is 17.3 Å². The average Bonchev–Trinajstić information content (AvgIpc) is 2.60. The zero-order chi connectivity index (χ0) is 16.7. The third kappa shape index (κ3) is 4.56. The fraction of sp³-hybridized carbons (Fsp3) is 0.412. The average molecular weight is 319 g/mol. The molecule has 0 saturated carbocycles. The van der Waals surface area contributed by atoms with E-state index < -0.39 is 0 Å². The molecule has 0 aliphatic carbocycles. The Balaban J connectivity index is 2.02. The minimum atomic E-state index is 0.321. The Morgan fingerprint density at radius 2 is 2.00 bits per heavy atom. The van der Waals surface area contributed by atoms with Crippen LogP contribution >= 0.6 is 0 Å². The molecule has 0 spiro atoms. The van der Waals surface area contributed by atoms with Crippen LogP contribution in [0, 0.1) is 5.92 Å². The van der Waals surface area contributed by atoms with E-state index in [1.54, 1.807) is 21.3 Å². The second kappa shape index (κ2) is 8.33. The normalized spacial score (nSPS) is 14.8. The molecule has 2 rings (SSSR count). The number of benzene rings is 1. The maximum Gasteiger partial charge on any atom is 0.127 e. The van der Waals surface area contributed by atoms with Crippen LogP contribution in [-0.4, -0.2) is 27.9 Å². The molecule has 1 aliphatic rings. The number of hydrazine groups is 1. The van der Waals surface area contributed by atoms with Crippen molar-refractivity contribution in [1.29, 1.82) is 0 Å². The SMILES string of the molecule is COCC(C)C1=CNNC(NCc2ccc(OC)cc2OC)=C1. The van der Waals surface area contributed by atoms with Crippen molar-refractivity contribution in [3.8, 4) is 11.5 Å². The van der Waals surface area contributed by atoms with E-state index in [0.717, 1.165) is 22.9 Å². The zero-order valence-corrected chi connectivity index (χ0v) is 14.1. The van der Waals surface area contributed by atoms with Crippen molar-refractivity contribution in [3.05, 3.63) is 47.4 Å². The van der Waals surface area contributed by atoms with Crippen molar-refractivity contribution in [3.63, 3.8) is 0 Å². The van der Waals surface area contributed by atoms with Gasteiger partial charge in [-0.3, -0.25) is 5.43 Å². The minimum Gasteiger partial charge on any atom is -0.497 e. The van der Waals surface area contributed by atoms with Gasteiger partial charge in [-0.25, -0.2) is 0 Å². The number of ether oxygens (including phenoxy) is 3. The predicted molar refractivity (Wildman–Crippen MR) is 89.9 cm³/mol.